The van der Waals surface area contributed by atoms with Crippen LogP contribution in [0.4, 0.5) is 5.69 Å². The predicted octanol–water partition coefficient (Wildman–Crippen LogP) is 5.13. The molecule has 218 valence electrons. The zero-order valence-electron chi connectivity index (χ0n) is 23.3. The minimum Gasteiger partial charge on any atom is -0.352 e. The Balaban J connectivity index is 2.10. The second-order valence-corrected chi connectivity index (χ2v) is 12.8. The first-order valence-corrected chi connectivity index (χ1v) is 15.5. The summed E-state index contributed by atoms with van der Waals surface area (Å²) >= 11 is 12.6. The molecule has 1 atom stereocenters. The van der Waals surface area contributed by atoms with Gasteiger partial charge in [-0.25, -0.2) is 8.42 Å². The molecular weight excluding hydrogens is 585 g/mol. The maximum atomic E-state index is 14.1. The molecule has 0 unspecified atom stereocenters. The number of amides is 2. The third kappa shape index (κ3) is 9.05. The van der Waals surface area contributed by atoms with Crippen molar-refractivity contribution in [3.8, 4) is 0 Å². The number of anilines is 1. The van der Waals surface area contributed by atoms with E-state index < -0.39 is 34.4 Å². The number of nitrogens with one attached hydrogen (secondary N) is 1. The van der Waals surface area contributed by atoms with Crippen molar-refractivity contribution in [2.24, 2.45) is 0 Å². The van der Waals surface area contributed by atoms with Crippen LogP contribution in [0.3, 0.4) is 0 Å². The molecule has 0 aliphatic carbocycles. The van der Waals surface area contributed by atoms with Crippen LogP contribution in [0.2, 0.25) is 10.0 Å². The molecule has 8 nitrogen and oxygen atoms in total. The Morgan fingerprint density at radius 2 is 1.61 bits per heavy atom. The Morgan fingerprint density at radius 3 is 2.20 bits per heavy atom. The largest absolute Gasteiger partial charge is 0.352 e. The van der Waals surface area contributed by atoms with E-state index in [0.717, 1.165) is 16.1 Å². The predicted molar refractivity (Wildman–Crippen MR) is 163 cm³/mol. The fraction of sp³-hybridized carbons (Fsp3) is 0.300. The average Bonchev–Trinajstić information content (AvgIpc) is 2.89. The summed E-state index contributed by atoms with van der Waals surface area (Å²) in [6.45, 7) is 4.31. The van der Waals surface area contributed by atoms with E-state index in [1.807, 2.05) is 44.2 Å². The van der Waals surface area contributed by atoms with Crippen LogP contribution in [0.25, 0.3) is 0 Å². The Bertz CT molecular complexity index is 1510. The number of nitrogens with zero attached hydrogens (tertiary/aromatic N) is 2. The van der Waals surface area contributed by atoms with Crippen molar-refractivity contribution < 1.29 is 22.8 Å². The van der Waals surface area contributed by atoms with Crippen molar-refractivity contribution in [1.29, 1.82) is 0 Å². The highest BCUT2D eigenvalue weighted by Gasteiger charge is 2.33. The summed E-state index contributed by atoms with van der Waals surface area (Å²) in [5, 5.41) is 3.59. The Labute approximate surface area is 251 Å². The Kier molecular flexibility index (Phi) is 11.0. The Morgan fingerprint density at radius 1 is 0.927 bits per heavy atom. The van der Waals surface area contributed by atoms with Gasteiger partial charge in [-0.1, -0.05) is 71.7 Å². The lowest BCUT2D eigenvalue weighted by Gasteiger charge is -2.34. The van der Waals surface area contributed by atoms with Crippen LogP contribution in [0.5, 0.6) is 0 Å². The van der Waals surface area contributed by atoms with Crippen molar-refractivity contribution in [1.82, 2.24) is 10.2 Å². The molecule has 0 heterocycles. The van der Waals surface area contributed by atoms with E-state index in [-0.39, 0.29) is 30.5 Å². The number of carbonyl (C=O) groups is 3. The van der Waals surface area contributed by atoms with Gasteiger partial charge in [0.05, 0.1) is 11.9 Å². The summed E-state index contributed by atoms with van der Waals surface area (Å²) < 4.78 is 26.8. The van der Waals surface area contributed by atoms with Gasteiger partial charge < -0.3 is 10.2 Å². The number of halogens is 2. The van der Waals surface area contributed by atoms with Gasteiger partial charge in [0.1, 0.15) is 12.6 Å². The second-order valence-electron chi connectivity index (χ2n) is 10.0. The molecule has 1 N–H and O–H groups in total. The second kappa shape index (κ2) is 14.0. The van der Waals surface area contributed by atoms with E-state index in [2.05, 4.69) is 5.32 Å². The number of rotatable bonds is 12. The fourth-order valence-electron chi connectivity index (χ4n) is 4.26. The van der Waals surface area contributed by atoms with Gasteiger partial charge in [-0.3, -0.25) is 18.7 Å². The highest BCUT2D eigenvalue weighted by Crippen LogP contribution is 2.25. The van der Waals surface area contributed by atoms with Gasteiger partial charge in [-0.05, 0) is 56.2 Å². The van der Waals surface area contributed by atoms with Crippen molar-refractivity contribution in [3.05, 3.63) is 99.5 Å². The zero-order valence-corrected chi connectivity index (χ0v) is 25.6. The first-order chi connectivity index (χ1) is 19.3. The van der Waals surface area contributed by atoms with Crippen LogP contribution in [-0.2, 0) is 32.6 Å². The number of hydrogen-bond acceptors (Lipinski definition) is 5. The number of benzene rings is 3. The van der Waals surface area contributed by atoms with Crippen molar-refractivity contribution in [3.63, 3.8) is 0 Å². The van der Waals surface area contributed by atoms with Crippen molar-refractivity contribution >= 4 is 56.5 Å². The van der Waals surface area contributed by atoms with Crippen molar-refractivity contribution in [2.45, 2.75) is 45.8 Å². The maximum Gasteiger partial charge on any atom is 0.244 e. The molecule has 11 heteroatoms. The van der Waals surface area contributed by atoms with Gasteiger partial charge in [0, 0.05) is 34.6 Å². The minimum absolute atomic E-state index is 0.0804. The van der Waals surface area contributed by atoms with Crippen LogP contribution < -0.4 is 9.62 Å². The van der Waals surface area contributed by atoms with E-state index in [1.54, 1.807) is 24.3 Å². The first-order valence-electron chi connectivity index (χ1n) is 12.9. The molecule has 3 aromatic rings. The number of Topliss-reactive ketones (excluding diaryl/α,β-unsaturated/α-hetero) is 1. The van der Waals surface area contributed by atoms with Crippen LogP contribution in [0, 0.1) is 0 Å². The molecule has 0 radical (unpaired) electrons. The fourth-order valence-corrected chi connectivity index (χ4v) is 5.57. The van der Waals surface area contributed by atoms with E-state index in [0.29, 0.717) is 21.2 Å². The smallest absolute Gasteiger partial charge is 0.244 e. The monoisotopic (exact) mass is 617 g/mol. The molecule has 3 rings (SSSR count). The molecule has 0 aliphatic heterocycles. The van der Waals surface area contributed by atoms with Crippen molar-refractivity contribution in [2.75, 3.05) is 17.1 Å². The van der Waals surface area contributed by atoms with Gasteiger partial charge in [0.25, 0.3) is 0 Å². The molecule has 0 saturated heterocycles. The lowest BCUT2D eigenvalue weighted by Crippen LogP contribution is -2.54. The van der Waals surface area contributed by atoms with Gasteiger partial charge in [0.2, 0.25) is 21.8 Å². The van der Waals surface area contributed by atoms with Gasteiger partial charge >= 0.3 is 0 Å². The van der Waals surface area contributed by atoms with E-state index in [1.165, 1.54) is 30.0 Å². The highest BCUT2D eigenvalue weighted by molar-refractivity contribution is 7.92. The summed E-state index contributed by atoms with van der Waals surface area (Å²) in [6.07, 6.45) is 1.16. The van der Waals surface area contributed by atoms with Crippen LogP contribution in [-0.4, -0.2) is 55.8 Å². The molecule has 0 fully saturated rings. The summed E-state index contributed by atoms with van der Waals surface area (Å²) in [5.74, 6) is -1.28. The molecule has 41 heavy (non-hydrogen) atoms. The van der Waals surface area contributed by atoms with E-state index in [4.69, 9.17) is 23.2 Å². The standard InChI is InChI=1S/C30H33Cl2N3O5S/c1-20(2)33-30(38)28(15-22-9-6-5-7-10-22)34(18-24-13-14-25(31)17-27(24)32)29(37)19-35(41(4,39)40)26-12-8-11-23(16-26)21(3)36/h5-14,16-17,20,28H,15,18-19H2,1-4H3,(H,33,38)/t28-/m1/s1. The number of hydrogen-bond donors (Lipinski definition) is 1. The summed E-state index contributed by atoms with van der Waals surface area (Å²) in [4.78, 5) is 41.0. The van der Waals surface area contributed by atoms with Crippen LogP contribution in [0.15, 0.2) is 72.8 Å². The minimum atomic E-state index is -3.97. The van der Waals surface area contributed by atoms with E-state index in [9.17, 15) is 22.8 Å². The molecule has 0 aliphatic rings. The summed E-state index contributed by atoms with van der Waals surface area (Å²) in [5.41, 5.74) is 1.80. The number of sulfonamides is 1. The molecule has 0 aromatic heterocycles. The normalized spacial score (nSPS) is 12.1. The maximum absolute atomic E-state index is 14.1. The molecule has 2 amide bonds. The van der Waals surface area contributed by atoms with E-state index >= 15 is 0 Å². The average molecular weight is 619 g/mol. The quantitative estimate of drug-likeness (QED) is 0.284. The zero-order chi connectivity index (χ0) is 30.3. The summed E-state index contributed by atoms with van der Waals surface area (Å²) in [7, 11) is -3.97. The Hall–Kier alpha value is -3.40. The SMILES string of the molecule is CC(=O)c1cccc(N(CC(=O)N(Cc2ccc(Cl)cc2Cl)[C@H](Cc2ccccc2)C(=O)NC(C)C)S(C)(=O)=O)c1. The van der Waals surface area contributed by atoms with Gasteiger partial charge in [0.15, 0.2) is 5.78 Å². The molecule has 0 saturated carbocycles. The highest BCUT2D eigenvalue weighted by atomic mass is 35.5. The first kappa shape index (κ1) is 32.1. The lowest BCUT2D eigenvalue weighted by atomic mass is 10.0. The van der Waals surface area contributed by atoms with Gasteiger partial charge in [-0.15, -0.1) is 0 Å². The lowest BCUT2D eigenvalue weighted by molar-refractivity contribution is -0.140. The van der Waals surface area contributed by atoms with Crippen LogP contribution >= 0.6 is 23.2 Å². The van der Waals surface area contributed by atoms with Crippen LogP contribution in [0.1, 0.15) is 42.3 Å². The molecule has 0 bridgehead atoms. The molecule has 0 spiro atoms. The number of carbonyl (C=O) groups excluding carboxylic acids is 3. The number of ketones is 1. The van der Waals surface area contributed by atoms with Gasteiger partial charge in [-0.2, -0.15) is 0 Å². The molecule has 3 aromatic carbocycles. The third-order valence-electron chi connectivity index (χ3n) is 6.28. The molecular formula is C30H33Cl2N3O5S. The summed E-state index contributed by atoms with van der Waals surface area (Å²) in [6, 6.07) is 18.9. The topological polar surface area (TPSA) is 104 Å². The third-order valence-corrected chi connectivity index (χ3v) is 8.01.